The predicted molar refractivity (Wildman–Crippen MR) is 137 cm³/mol. The summed E-state index contributed by atoms with van der Waals surface area (Å²) in [5, 5.41) is 10.2. The van der Waals surface area contributed by atoms with E-state index in [4.69, 9.17) is 0 Å². The maximum Gasteiger partial charge on any atom is 0.228 e. The van der Waals surface area contributed by atoms with Crippen molar-refractivity contribution in [3.8, 4) is 11.8 Å². The van der Waals surface area contributed by atoms with E-state index in [0.717, 1.165) is 42.8 Å². The number of hydrogen-bond donors (Lipinski definition) is 1. The van der Waals surface area contributed by atoms with Gasteiger partial charge in [0.05, 0.1) is 13.0 Å². The lowest BCUT2D eigenvalue weighted by atomic mass is 9.74. The zero-order valence-corrected chi connectivity index (χ0v) is 19.9. The second kappa shape index (κ2) is 10.9. The number of nitrogens with zero attached hydrogens (tertiary/aromatic N) is 3. The van der Waals surface area contributed by atoms with Crippen LogP contribution in [0.2, 0.25) is 0 Å². The summed E-state index contributed by atoms with van der Waals surface area (Å²) in [6.45, 7) is 2.55. The Kier molecular flexibility index (Phi) is 7.23. The van der Waals surface area contributed by atoms with E-state index in [-0.39, 0.29) is 30.5 Å². The molecule has 3 aromatic rings. The van der Waals surface area contributed by atoms with Gasteiger partial charge in [0, 0.05) is 54.1 Å². The first-order chi connectivity index (χ1) is 17.2. The average Bonchev–Trinajstić information content (AvgIpc) is 2.88. The van der Waals surface area contributed by atoms with Crippen LogP contribution in [0.4, 0.5) is 0 Å². The number of fused-ring (bicyclic) bond motifs is 1. The van der Waals surface area contributed by atoms with Crippen molar-refractivity contribution in [2.24, 2.45) is 0 Å². The first-order valence-corrected chi connectivity index (χ1v) is 12.4. The van der Waals surface area contributed by atoms with Crippen LogP contribution in [0, 0.1) is 11.8 Å². The predicted octanol–water partition coefficient (Wildman–Crippen LogP) is 3.48. The molecular formula is C30H31N3O2. The van der Waals surface area contributed by atoms with E-state index in [2.05, 4.69) is 46.0 Å². The molecule has 35 heavy (non-hydrogen) atoms. The monoisotopic (exact) mass is 465 g/mol. The summed E-state index contributed by atoms with van der Waals surface area (Å²) in [5.41, 5.74) is 3.98. The van der Waals surface area contributed by atoms with Gasteiger partial charge in [0.1, 0.15) is 0 Å². The summed E-state index contributed by atoms with van der Waals surface area (Å²) < 4.78 is 0. The third-order valence-electron chi connectivity index (χ3n) is 7.20. The number of hydrogen-bond acceptors (Lipinski definition) is 4. The van der Waals surface area contributed by atoms with Gasteiger partial charge in [-0.2, -0.15) is 0 Å². The molecule has 1 amide bonds. The number of pyridine rings is 1. The van der Waals surface area contributed by atoms with Crippen LogP contribution in [0.25, 0.3) is 0 Å². The second-order valence-corrected chi connectivity index (χ2v) is 9.36. The lowest BCUT2D eigenvalue weighted by molar-refractivity contribution is -0.135. The molecule has 0 saturated carbocycles. The number of rotatable bonds is 4. The fourth-order valence-corrected chi connectivity index (χ4v) is 5.39. The van der Waals surface area contributed by atoms with Gasteiger partial charge in [0.25, 0.3) is 0 Å². The first kappa shape index (κ1) is 23.3. The lowest BCUT2D eigenvalue weighted by Gasteiger charge is -2.57. The molecule has 5 rings (SSSR count). The van der Waals surface area contributed by atoms with Crippen LogP contribution < -0.4 is 0 Å². The van der Waals surface area contributed by atoms with Crippen molar-refractivity contribution in [2.75, 3.05) is 26.2 Å². The molecule has 0 radical (unpaired) electrons. The SMILES string of the molecule is O=C(Cc1ccccn1)N1CCCCN2[C@@H](CO)[C@H](c3ccc(C#Cc4ccccc4)cc3)[C@@H]2C1. The molecule has 1 aromatic heterocycles. The molecule has 2 fully saturated rings. The molecule has 1 N–H and O–H groups in total. The third-order valence-corrected chi connectivity index (χ3v) is 7.20. The maximum atomic E-state index is 13.1. The molecule has 2 aromatic carbocycles. The molecule has 2 aliphatic rings. The van der Waals surface area contributed by atoms with Crippen molar-refractivity contribution in [1.29, 1.82) is 0 Å². The zero-order valence-electron chi connectivity index (χ0n) is 19.9. The van der Waals surface area contributed by atoms with E-state index in [1.165, 1.54) is 5.56 Å². The van der Waals surface area contributed by atoms with Crippen molar-refractivity contribution >= 4 is 5.91 Å². The minimum absolute atomic E-state index is 0.0899. The van der Waals surface area contributed by atoms with Gasteiger partial charge in [-0.25, -0.2) is 0 Å². The Hall–Kier alpha value is -3.46. The summed E-state index contributed by atoms with van der Waals surface area (Å²) in [7, 11) is 0. The van der Waals surface area contributed by atoms with Crippen LogP contribution in [0.15, 0.2) is 79.0 Å². The number of benzene rings is 2. The Labute approximate surface area is 207 Å². The Balaban J connectivity index is 1.32. The second-order valence-electron chi connectivity index (χ2n) is 9.36. The quantitative estimate of drug-likeness (QED) is 0.600. The lowest BCUT2D eigenvalue weighted by Crippen LogP contribution is -2.68. The molecule has 2 aliphatic heterocycles. The van der Waals surface area contributed by atoms with Gasteiger partial charge in [-0.15, -0.1) is 0 Å². The molecule has 0 unspecified atom stereocenters. The Morgan fingerprint density at radius 2 is 1.63 bits per heavy atom. The number of carbonyl (C=O) groups is 1. The maximum absolute atomic E-state index is 13.1. The topological polar surface area (TPSA) is 56.7 Å². The van der Waals surface area contributed by atoms with E-state index in [9.17, 15) is 9.90 Å². The molecule has 2 saturated heterocycles. The molecular weight excluding hydrogens is 434 g/mol. The third kappa shape index (κ3) is 5.30. The summed E-state index contributed by atoms with van der Waals surface area (Å²) in [4.78, 5) is 21.9. The molecule has 5 heteroatoms. The zero-order chi connectivity index (χ0) is 24.0. The molecule has 0 aliphatic carbocycles. The van der Waals surface area contributed by atoms with Gasteiger partial charge in [-0.3, -0.25) is 14.7 Å². The standard InChI is InChI=1S/C30H31N3O2/c34-22-28-30(25-15-13-24(14-16-25)12-11-23-8-2-1-3-9-23)27-21-32(18-6-7-19-33(27)28)29(35)20-26-10-4-5-17-31-26/h1-5,8-10,13-17,27-28,30,34H,6-7,18-22H2/t27-,28-,30+/m0/s1. The van der Waals surface area contributed by atoms with E-state index in [1.807, 2.05) is 53.4 Å². The van der Waals surface area contributed by atoms with E-state index >= 15 is 0 Å². The molecule has 3 heterocycles. The van der Waals surface area contributed by atoms with Crippen LogP contribution in [0.3, 0.4) is 0 Å². The van der Waals surface area contributed by atoms with Gasteiger partial charge >= 0.3 is 0 Å². The van der Waals surface area contributed by atoms with Gasteiger partial charge in [0.15, 0.2) is 0 Å². The van der Waals surface area contributed by atoms with Gasteiger partial charge < -0.3 is 10.0 Å². The van der Waals surface area contributed by atoms with Crippen molar-refractivity contribution < 1.29 is 9.90 Å². The van der Waals surface area contributed by atoms with Crippen LogP contribution in [0.1, 0.15) is 41.1 Å². The fourth-order valence-electron chi connectivity index (χ4n) is 5.39. The molecule has 0 spiro atoms. The molecule has 5 nitrogen and oxygen atoms in total. The Bertz CT molecular complexity index is 1190. The summed E-state index contributed by atoms with van der Waals surface area (Å²) in [5.74, 6) is 6.77. The van der Waals surface area contributed by atoms with Crippen molar-refractivity contribution in [1.82, 2.24) is 14.8 Å². The van der Waals surface area contributed by atoms with Crippen molar-refractivity contribution in [2.45, 2.75) is 37.3 Å². The Morgan fingerprint density at radius 1 is 0.914 bits per heavy atom. The summed E-state index contributed by atoms with van der Waals surface area (Å²) in [6, 6.07) is 24.4. The van der Waals surface area contributed by atoms with E-state index in [0.29, 0.717) is 13.0 Å². The number of aliphatic hydroxyl groups excluding tert-OH is 1. The Morgan fingerprint density at radius 3 is 2.34 bits per heavy atom. The smallest absolute Gasteiger partial charge is 0.228 e. The fraction of sp³-hybridized carbons (Fsp3) is 0.333. The molecule has 3 atom stereocenters. The highest BCUT2D eigenvalue weighted by Gasteiger charge is 2.49. The van der Waals surface area contributed by atoms with Gasteiger partial charge in [-0.05, 0) is 61.3 Å². The number of amides is 1. The normalized spacial score (nSPS) is 22.1. The minimum Gasteiger partial charge on any atom is -0.395 e. The van der Waals surface area contributed by atoms with Gasteiger partial charge in [-0.1, -0.05) is 48.2 Å². The van der Waals surface area contributed by atoms with Crippen LogP contribution in [0.5, 0.6) is 0 Å². The number of aliphatic hydroxyl groups is 1. The van der Waals surface area contributed by atoms with Crippen LogP contribution in [-0.4, -0.2) is 64.1 Å². The average molecular weight is 466 g/mol. The van der Waals surface area contributed by atoms with Crippen molar-refractivity contribution in [3.05, 3.63) is 101 Å². The van der Waals surface area contributed by atoms with Crippen LogP contribution >= 0.6 is 0 Å². The first-order valence-electron chi connectivity index (χ1n) is 12.4. The summed E-state index contributed by atoms with van der Waals surface area (Å²) >= 11 is 0. The van der Waals surface area contributed by atoms with E-state index in [1.54, 1.807) is 6.20 Å². The van der Waals surface area contributed by atoms with Crippen LogP contribution in [-0.2, 0) is 11.2 Å². The van der Waals surface area contributed by atoms with Crippen molar-refractivity contribution in [3.63, 3.8) is 0 Å². The van der Waals surface area contributed by atoms with Gasteiger partial charge in [0.2, 0.25) is 5.91 Å². The highest BCUT2D eigenvalue weighted by molar-refractivity contribution is 5.78. The highest BCUT2D eigenvalue weighted by Crippen LogP contribution is 2.42. The largest absolute Gasteiger partial charge is 0.395 e. The summed E-state index contributed by atoms with van der Waals surface area (Å²) in [6.07, 6.45) is 4.08. The number of carbonyl (C=O) groups excluding carboxylic acids is 1. The number of aromatic nitrogens is 1. The molecule has 178 valence electrons. The highest BCUT2D eigenvalue weighted by atomic mass is 16.3. The van der Waals surface area contributed by atoms with E-state index < -0.39 is 0 Å². The minimum atomic E-state index is 0.0899. The molecule has 0 bridgehead atoms.